The lowest BCUT2D eigenvalue weighted by atomic mass is 9.99. The Morgan fingerprint density at radius 3 is 2.90 bits per heavy atom. The molecule has 0 aliphatic carbocycles. The van der Waals surface area contributed by atoms with Crippen molar-refractivity contribution in [2.75, 3.05) is 13.1 Å². The molecular formula is C16H21ClN4. The van der Waals surface area contributed by atoms with Gasteiger partial charge >= 0.3 is 0 Å². The van der Waals surface area contributed by atoms with E-state index in [1.807, 2.05) is 13.0 Å². The molecule has 4 rings (SSSR count). The fourth-order valence-corrected chi connectivity index (χ4v) is 4.27. The van der Waals surface area contributed by atoms with E-state index in [0.29, 0.717) is 18.0 Å². The average molecular weight is 305 g/mol. The Hall–Kier alpha value is -1.13. The molecule has 21 heavy (non-hydrogen) atoms. The van der Waals surface area contributed by atoms with Crippen molar-refractivity contribution >= 4 is 22.8 Å². The van der Waals surface area contributed by atoms with Crippen LogP contribution in [0.4, 0.5) is 0 Å². The molecule has 2 fully saturated rings. The minimum Gasteiger partial charge on any atom is -0.307 e. The van der Waals surface area contributed by atoms with Crippen LogP contribution in [0.2, 0.25) is 0 Å². The molecule has 2 aliphatic rings. The summed E-state index contributed by atoms with van der Waals surface area (Å²) >= 11 is 6.17. The number of hydrogen-bond acceptors (Lipinski definition) is 3. The maximum atomic E-state index is 6.17. The number of piperidine rings is 1. The Morgan fingerprint density at radius 1 is 1.14 bits per heavy atom. The van der Waals surface area contributed by atoms with Crippen molar-refractivity contribution in [3.63, 3.8) is 0 Å². The van der Waals surface area contributed by atoms with Crippen LogP contribution in [0, 0.1) is 6.92 Å². The Morgan fingerprint density at radius 2 is 2.05 bits per heavy atom. The van der Waals surface area contributed by atoms with Crippen LogP contribution in [0.3, 0.4) is 0 Å². The molecule has 2 aromatic rings. The van der Waals surface area contributed by atoms with Crippen LogP contribution in [0.5, 0.6) is 0 Å². The zero-order valence-electron chi connectivity index (χ0n) is 12.4. The quantitative estimate of drug-likeness (QED) is 0.799. The van der Waals surface area contributed by atoms with Crippen molar-refractivity contribution in [1.82, 2.24) is 19.4 Å². The Labute approximate surface area is 130 Å². The van der Waals surface area contributed by atoms with Gasteiger partial charge in [-0.25, -0.2) is 9.97 Å². The lowest BCUT2D eigenvalue weighted by molar-refractivity contribution is 0.173. The SMILES string of the molecule is Cc1ccc2nc(CCl)n(C3CCN4CCCCC34)c2n1. The fraction of sp³-hybridized carbons (Fsp3) is 0.625. The Bertz CT molecular complexity index is 666. The van der Waals surface area contributed by atoms with Gasteiger partial charge in [-0.3, -0.25) is 4.90 Å². The van der Waals surface area contributed by atoms with Gasteiger partial charge in [-0.1, -0.05) is 6.42 Å². The van der Waals surface area contributed by atoms with E-state index in [1.54, 1.807) is 0 Å². The number of nitrogens with zero attached hydrogens (tertiary/aromatic N) is 4. The molecule has 2 aliphatic heterocycles. The molecule has 0 N–H and O–H groups in total. The third-order valence-corrected chi connectivity index (χ3v) is 5.26. The molecule has 2 atom stereocenters. The van der Waals surface area contributed by atoms with Crippen molar-refractivity contribution in [2.45, 2.75) is 50.6 Å². The first-order chi connectivity index (χ1) is 10.3. The smallest absolute Gasteiger partial charge is 0.160 e. The van der Waals surface area contributed by atoms with E-state index in [2.05, 4.69) is 15.5 Å². The summed E-state index contributed by atoms with van der Waals surface area (Å²) < 4.78 is 2.34. The molecule has 4 heterocycles. The number of halogens is 1. The zero-order valence-corrected chi connectivity index (χ0v) is 13.2. The summed E-state index contributed by atoms with van der Waals surface area (Å²) in [6, 6.07) is 5.22. The standard InChI is InChI=1S/C16H21ClN4/c1-11-5-6-12-16(18-11)21(15(10-17)19-12)14-7-9-20-8-3-2-4-13(14)20/h5-6,13-14H,2-4,7-10H2,1H3. The second-order valence-electron chi connectivity index (χ2n) is 6.28. The summed E-state index contributed by atoms with van der Waals surface area (Å²) in [6.45, 7) is 4.48. The molecule has 0 aromatic carbocycles. The minimum absolute atomic E-state index is 0.457. The van der Waals surface area contributed by atoms with Gasteiger partial charge < -0.3 is 4.57 Å². The van der Waals surface area contributed by atoms with Gasteiger partial charge in [0.2, 0.25) is 0 Å². The molecule has 0 radical (unpaired) electrons. The average Bonchev–Trinajstić information content (AvgIpc) is 3.07. The summed E-state index contributed by atoms with van der Waals surface area (Å²) in [5.41, 5.74) is 3.04. The zero-order chi connectivity index (χ0) is 14.4. The third-order valence-electron chi connectivity index (χ3n) is 5.02. The van der Waals surface area contributed by atoms with Crippen LogP contribution in [0.1, 0.15) is 43.2 Å². The van der Waals surface area contributed by atoms with Crippen molar-refractivity contribution in [2.24, 2.45) is 0 Å². The number of hydrogen-bond donors (Lipinski definition) is 0. The number of imidazole rings is 1. The normalized spacial score (nSPS) is 26.4. The number of aryl methyl sites for hydroxylation is 1. The number of aromatic nitrogens is 3. The first-order valence-corrected chi connectivity index (χ1v) is 8.46. The van der Waals surface area contributed by atoms with Gasteiger partial charge in [0.15, 0.2) is 5.65 Å². The highest BCUT2D eigenvalue weighted by Gasteiger charge is 2.38. The van der Waals surface area contributed by atoms with Crippen LogP contribution in [-0.2, 0) is 5.88 Å². The molecule has 2 aromatic heterocycles. The summed E-state index contributed by atoms with van der Waals surface area (Å²) in [7, 11) is 0. The van der Waals surface area contributed by atoms with Gasteiger partial charge in [-0.15, -0.1) is 11.6 Å². The van der Waals surface area contributed by atoms with Crippen molar-refractivity contribution in [3.8, 4) is 0 Å². The van der Waals surface area contributed by atoms with Crippen LogP contribution in [-0.4, -0.2) is 38.6 Å². The second kappa shape index (κ2) is 5.25. The molecule has 0 amide bonds. The van der Waals surface area contributed by atoms with Crippen molar-refractivity contribution < 1.29 is 0 Å². The lowest BCUT2D eigenvalue weighted by Gasteiger charge is -2.33. The van der Waals surface area contributed by atoms with Crippen molar-refractivity contribution in [3.05, 3.63) is 23.7 Å². The van der Waals surface area contributed by atoms with E-state index in [0.717, 1.165) is 22.7 Å². The van der Waals surface area contributed by atoms with Gasteiger partial charge in [0.05, 0.1) is 11.9 Å². The van der Waals surface area contributed by atoms with E-state index in [1.165, 1.54) is 38.8 Å². The minimum atomic E-state index is 0.457. The van der Waals surface area contributed by atoms with E-state index in [4.69, 9.17) is 21.6 Å². The van der Waals surface area contributed by atoms with Gasteiger partial charge in [0.1, 0.15) is 11.3 Å². The fourth-order valence-electron chi connectivity index (χ4n) is 4.08. The molecule has 4 nitrogen and oxygen atoms in total. The molecule has 0 bridgehead atoms. The summed E-state index contributed by atoms with van der Waals surface area (Å²) in [5, 5.41) is 0. The highest BCUT2D eigenvalue weighted by Crippen LogP contribution is 2.37. The van der Waals surface area contributed by atoms with Gasteiger partial charge in [0.25, 0.3) is 0 Å². The van der Waals surface area contributed by atoms with Crippen molar-refractivity contribution in [1.29, 1.82) is 0 Å². The monoisotopic (exact) mass is 304 g/mol. The van der Waals surface area contributed by atoms with Crippen LogP contribution in [0.15, 0.2) is 12.1 Å². The van der Waals surface area contributed by atoms with Crippen LogP contribution < -0.4 is 0 Å². The largest absolute Gasteiger partial charge is 0.307 e. The van der Waals surface area contributed by atoms with Gasteiger partial charge in [-0.2, -0.15) is 0 Å². The first-order valence-electron chi connectivity index (χ1n) is 7.92. The topological polar surface area (TPSA) is 34.0 Å². The molecule has 5 heteroatoms. The third kappa shape index (κ3) is 2.16. The van der Waals surface area contributed by atoms with E-state index >= 15 is 0 Å². The highest BCUT2D eigenvalue weighted by molar-refractivity contribution is 6.16. The predicted molar refractivity (Wildman–Crippen MR) is 84.7 cm³/mol. The molecule has 112 valence electrons. The molecule has 2 saturated heterocycles. The lowest BCUT2D eigenvalue weighted by Crippen LogP contribution is -2.38. The summed E-state index contributed by atoms with van der Waals surface area (Å²) in [5.74, 6) is 1.43. The number of alkyl halides is 1. The number of pyridine rings is 1. The molecule has 2 unspecified atom stereocenters. The first kappa shape index (κ1) is 13.5. The molecule has 0 spiro atoms. The summed E-state index contributed by atoms with van der Waals surface area (Å²) in [4.78, 5) is 12.1. The maximum Gasteiger partial charge on any atom is 0.160 e. The van der Waals surface area contributed by atoms with Gasteiger partial charge in [-0.05, 0) is 44.9 Å². The predicted octanol–water partition coefficient (Wildman–Crippen LogP) is 3.28. The highest BCUT2D eigenvalue weighted by atomic mass is 35.5. The maximum absolute atomic E-state index is 6.17. The van der Waals surface area contributed by atoms with Crippen LogP contribution >= 0.6 is 11.6 Å². The summed E-state index contributed by atoms with van der Waals surface area (Å²) in [6.07, 6.45) is 5.16. The van der Waals surface area contributed by atoms with Crippen LogP contribution in [0.25, 0.3) is 11.2 Å². The van der Waals surface area contributed by atoms with Gasteiger partial charge in [0, 0.05) is 18.3 Å². The Kier molecular flexibility index (Phi) is 3.38. The molecular weight excluding hydrogens is 284 g/mol. The van der Waals surface area contributed by atoms with E-state index in [9.17, 15) is 0 Å². The van der Waals surface area contributed by atoms with E-state index in [-0.39, 0.29) is 0 Å². The van der Waals surface area contributed by atoms with E-state index < -0.39 is 0 Å². The molecule has 0 saturated carbocycles. The number of fused-ring (bicyclic) bond motifs is 2. The number of rotatable bonds is 2. The second-order valence-corrected chi connectivity index (χ2v) is 6.55. The Balaban J connectivity index is 1.83.